The number of allylic oxidation sites excluding steroid dienone is 1. The first kappa shape index (κ1) is 8.49. The summed E-state index contributed by atoms with van der Waals surface area (Å²) < 4.78 is 13.0. The van der Waals surface area contributed by atoms with E-state index in [2.05, 4.69) is 26.0 Å². The Morgan fingerprint density at radius 3 is 2.85 bits per heavy atom. The summed E-state index contributed by atoms with van der Waals surface area (Å²) in [5.41, 5.74) is 2.35. The van der Waals surface area contributed by atoms with Gasteiger partial charge >= 0.3 is 0 Å². The lowest BCUT2D eigenvalue weighted by molar-refractivity contribution is 0.521. The topological polar surface area (TPSA) is 0 Å². The molecule has 0 nitrogen and oxygen atoms in total. The summed E-state index contributed by atoms with van der Waals surface area (Å²) >= 11 is 0. The molecule has 0 fully saturated rings. The van der Waals surface area contributed by atoms with Crippen LogP contribution in [0.1, 0.15) is 31.4 Å². The summed E-state index contributed by atoms with van der Waals surface area (Å²) in [6.45, 7) is 4.30. The molecular weight excluding hydrogens is 163 g/mol. The van der Waals surface area contributed by atoms with E-state index < -0.39 is 0 Å². The summed E-state index contributed by atoms with van der Waals surface area (Å²) in [5, 5.41) is 0. The Hall–Kier alpha value is -1.11. The molecule has 13 heavy (non-hydrogen) atoms. The van der Waals surface area contributed by atoms with Gasteiger partial charge in [-0.15, -0.1) is 0 Å². The highest BCUT2D eigenvalue weighted by atomic mass is 19.1. The van der Waals surface area contributed by atoms with Gasteiger partial charge in [0.05, 0.1) is 0 Å². The van der Waals surface area contributed by atoms with Gasteiger partial charge < -0.3 is 0 Å². The molecule has 0 aromatic heterocycles. The third kappa shape index (κ3) is 1.39. The van der Waals surface area contributed by atoms with Crippen molar-refractivity contribution in [2.24, 2.45) is 0 Å². The van der Waals surface area contributed by atoms with Crippen LogP contribution in [0.2, 0.25) is 0 Å². The normalized spacial score (nSPS) is 18.4. The van der Waals surface area contributed by atoms with Gasteiger partial charge in [0.2, 0.25) is 0 Å². The maximum absolute atomic E-state index is 13.0. The van der Waals surface area contributed by atoms with Gasteiger partial charge in [-0.05, 0) is 35.1 Å². The zero-order chi connectivity index (χ0) is 9.47. The molecule has 1 heteroatoms. The monoisotopic (exact) mass is 176 g/mol. The zero-order valence-corrected chi connectivity index (χ0v) is 7.97. The highest BCUT2D eigenvalue weighted by Crippen LogP contribution is 2.35. The molecule has 0 aliphatic heterocycles. The molecule has 0 bridgehead atoms. The minimum atomic E-state index is -0.137. The molecule has 0 amide bonds. The summed E-state index contributed by atoms with van der Waals surface area (Å²) in [7, 11) is 0. The zero-order valence-electron chi connectivity index (χ0n) is 7.97. The smallest absolute Gasteiger partial charge is 0.123 e. The van der Waals surface area contributed by atoms with Gasteiger partial charge in [0, 0.05) is 0 Å². The molecule has 68 valence electrons. The fraction of sp³-hybridized carbons (Fsp3) is 0.333. The van der Waals surface area contributed by atoms with Crippen molar-refractivity contribution in [3.05, 3.63) is 41.2 Å². The third-order valence-corrected chi connectivity index (χ3v) is 2.67. The minimum absolute atomic E-state index is 0.0756. The van der Waals surface area contributed by atoms with Gasteiger partial charge in [-0.1, -0.05) is 32.1 Å². The van der Waals surface area contributed by atoms with Gasteiger partial charge in [-0.2, -0.15) is 0 Å². The maximum atomic E-state index is 13.0. The summed E-state index contributed by atoms with van der Waals surface area (Å²) in [6, 6.07) is 5.02. The Bertz CT molecular complexity index is 361. The number of rotatable bonds is 0. The van der Waals surface area contributed by atoms with Gasteiger partial charge in [0.15, 0.2) is 0 Å². The van der Waals surface area contributed by atoms with E-state index in [1.165, 1.54) is 6.07 Å². The molecule has 0 heterocycles. The fourth-order valence-electron chi connectivity index (χ4n) is 1.85. The summed E-state index contributed by atoms with van der Waals surface area (Å²) in [6.07, 6.45) is 5.21. The summed E-state index contributed by atoms with van der Waals surface area (Å²) in [5.74, 6) is -0.137. The molecular formula is C12H13F. The molecule has 1 aliphatic carbocycles. The highest BCUT2D eigenvalue weighted by Gasteiger charge is 2.24. The van der Waals surface area contributed by atoms with Gasteiger partial charge in [0.25, 0.3) is 0 Å². The van der Waals surface area contributed by atoms with Gasteiger partial charge in [0.1, 0.15) is 5.82 Å². The minimum Gasteiger partial charge on any atom is -0.207 e. The molecule has 1 aromatic rings. The van der Waals surface area contributed by atoms with Crippen LogP contribution in [0.3, 0.4) is 0 Å². The largest absolute Gasteiger partial charge is 0.207 e. The van der Waals surface area contributed by atoms with Crippen molar-refractivity contribution in [2.45, 2.75) is 25.7 Å². The van der Waals surface area contributed by atoms with Crippen molar-refractivity contribution in [1.29, 1.82) is 0 Å². The Kier molecular flexibility index (Phi) is 1.76. The third-order valence-electron chi connectivity index (χ3n) is 2.67. The van der Waals surface area contributed by atoms with Crippen LogP contribution >= 0.6 is 0 Å². The SMILES string of the molecule is CC1(C)CC=Cc2ccc(F)cc21. The Morgan fingerprint density at radius 1 is 1.31 bits per heavy atom. The van der Waals surface area contributed by atoms with Gasteiger partial charge in [-0.3, -0.25) is 0 Å². The lowest BCUT2D eigenvalue weighted by Crippen LogP contribution is -2.19. The van der Waals surface area contributed by atoms with E-state index in [4.69, 9.17) is 0 Å². The predicted molar refractivity (Wildman–Crippen MR) is 53.1 cm³/mol. The Balaban J connectivity index is 2.62. The van der Waals surface area contributed by atoms with Crippen LogP contribution in [0.15, 0.2) is 24.3 Å². The van der Waals surface area contributed by atoms with Crippen LogP contribution < -0.4 is 0 Å². The van der Waals surface area contributed by atoms with Crippen LogP contribution in [0.4, 0.5) is 4.39 Å². The molecule has 2 rings (SSSR count). The highest BCUT2D eigenvalue weighted by molar-refractivity contribution is 5.59. The molecule has 0 N–H and O–H groups in total. The lowest BCUT2D eigenvalue weighted by Gasteiger charge is -2.28. The van der Waals surface area contributed by atoms with E-state index in [9.17, 15) is 4.39 Å². The van der Waals surface area contributed by atoms with Crippen LogP contribution in [-0.4, -0.2) is 0 Å². The molecule has 0 atom stereocenters. The molecule has 0 saturated heterocycles. The van der Waals surface area contributed by atoms with E-state index in [-0.39, 0.29) is 11.2 Å². The van der Waals surface area contributed by atoms with Crippen molar-refractivity contribution >= 4 is 6.08 Å². The van der Waals surface area contributed by atoms with Crippen LogP contribution in [0, 0.1) is 5.82 Å². The summed E-state index contributed by atoms with van der Waals surface area (Å²) in [4.78, 5) is 0. The second-order valence-electron chi connectivity index (χ2n) is 4.22. The van der Waals surface area contributed by atoms with E-state index in [1.807, 2.05) is 6.07 Å². The molecule has 0 unspecified atom stereocenters. The van der Waals surface area contributed by atoms with Gasteiger partial charge in [-0.25, -0.2) is 4.39 Å². The van der Waals surface area contributed by atoms with E-state index in [1.54, 1.807) is 6.07 Å². The molecule has 0 radical (unpaired) electrons. The molecule has 0 spiro atoms. The number of halogens is 1. The Morgan fingerprint density at radius 2 is 2.08 bits per heavy atom. The first-order valence-corrected chi connectivity index (χ1v) is 4.56. The van der Waals surface area contributed by atoms with Crippen molar-refractivity contribution in [3.63, 3.8) is 0 Å². The van der Waals surface area contributed by atoms with Crippen LogP contribution in [-0.2, 0) is 5.41 Å². The average molecular weight is 176 g/mol. The van der Waals surface area contributed by atoms with Crippen molar-refractivity contribution in [1.82, 2.24) is 0 Å². The quantitative estimate of drug-likeness (QED) is 0.567. The predicted octanol–water partition coefficient (Wildman–Crippen LogP) is 3.52. The maximum Gasteiger partial charge on any atom is 0.123 e. The molecule has 1 aromatic carbocycles. The molecule has 1 aliphatic rings. The second kappa shape index (κ2) is 2.69. The lowest BCUT2D eigenvalue weighted by atomic mass is 9.76. The van der Waals surface area contributed by atoms with E-state index in [0.29, 0.717) is 0 Å². The van der Waals surface area contributed by atoms with Crippen molar-refractivity contribution < 1.29 is 4.39 Å². The standard InChI is InChI=1S/C12H13F/c1-12(2)7-3-4-9-5-6-10(13)8-11(9)12/h3-6,8H,7H2,1-2H3. The van der Waals surface area contributed by atoms with Crippen LogP contribution in [0.25, 0.3) is 6.08 Å². The first-order chi connectivity index (χ1) is 6.09. The number of fused-ring (bicyclic) bond motifs is 1. The molecule has 0 saturated carbocycles. The Labute approximate surface area is 78.1 Å². The van der Waals surface area contributed by atoms with E-state index >= 15 is 0 Å². The van der Waals surface area contributed by atoms with E-state index in [0.717, 1.165) is 17.5 Å². The van der Waals surface area contributed by atoms with Crippen molar-refractivity contribution in [2.75, 3.05) is 0 Å². The fourth-order valence-corrected chi connectivity index (χ4v) is 1.85. The number of hydrogen-bond acceptors (Lipinski definition) is 0. The van der Waals surface area contributed by atoms with Crippen LogP contribution in [0.5, 0.6) is 0 Å². The number of benzene rings is 1. The second-order valence-corrected chi connectivity index (χ2v) is 4.22. The van der Waals surface area contributed by atoms with Crippen molar-refractivity contribution in [3.8, 4) is 0 Å². The average Bonchev–Trinajstić information content (AvgIpc) is 2.06. The first-order valence-electron chi connectivity index (χ1n) is 4.56. The number of hydrogen-bond donors (Lipinski definition) is 0.